The Kier molecular flexibility index (Phi) is 5.48. The Morgan fingerprint density at radius 3 is 2.40 bits per heavy atom. The summed E-state index contributed by atoms with van der Waals surface area (Å²) in [4.78, 5) is 19.6. The lowest BCUT2D eigenvalue weighted by molar-refractivity contribution is 0.0713. The number of hydrogen-bond acceptors (Lipinski definition) is 3. The zero-order valence-corrected chi connectivity index (χ0v) is 17.5. The molecular formula is C24H25N5O. The van der Waals surface area contributed by atoms with Crippen molar-refractivity contribution in [3.8, 4) is 11.1 Å². The molecule has 0 fully saturated rings. The van der Waals surface area contributed by atoms with Crippen molar-refractivity contribution in [2.24, 2.45) is 14.1 Å². The Bertz CT molecular complexity index is 1160. The van der Waals surface area contributed by atoms with Crippen LogP contribution in [0.1, 0.15) is 27.6 Å². The molecule has 0 atom stereocenters. The molecule has 1 amide bonds. The molecule has 30 heavy (non-hydrogen) atoms. The van der Waals surface area contributed by atoms with Gasteiger partial charge in [0.05, 0.1) is 12.2 Å². The Hall–Kier alpha value is -3.67. The third-order valence-electron chi connectivity index (χ3n) is 5.17. The molecule has 0 spiro atoms. The standard InChI is InChI=1S/C24H25N5O/c1-18-14-22(28(3)26-18)24(30)29(17-23-25-12-13-27(23)2)16-19-8-7-11-21(15-19)20-9-5-4-6-10-20/h4-15H,16-17H2,1-3H3. The van der Waals surface area contributed by atoms with E-state index in [0.29, 0.717) is 18.8 Å². The molecule has 2 heterocycles. The Morgan fingerprint density at radius 2 is 1.73 bits per heavy atom. The van der Waals surface area contributed by atoms with E-state index in [9.17, 15) is 4.79 Å². The third-order valence-corrected chi connectivity index (χ3v) is 5.17. The van der Waals surface area contributed by atoms with Crippen LogP contribution in [-0.2, 0) is 27.2 Å². The fraction of sp³-hybridized carbons (Fsp3) is 0.208. The van der Waals surface area contributed by atoms with Gasteiger partial charge in [-0.05, 0) is 35.7 Å². The van der Waals surface area contributed by atoms with Crippen LogP contribution in [0.15, 0.2) is 73.1 Å². The number of aryl methyl sites for hydroxylation is 3. The number of amides is 1. The maximum Gasteiger partial charge on any atom is 0.272 e. The summed E-state index contributed by atoms with van der Waals surface area (Å²) in [7, 11) is 3.74. The van der Waals surface area contributed by atoms with Crippen LogP contribution in [-0.4, -0.2) is 30.1 Å². The molecule has 0 aliphatic carbocycles. The highest BCUT2D eigenvalue weighted by Gasteiger charge is 2.22. The zero-order chi connectivity index (χ0) is 21.1. The lowest BCUT2D eigenvalue weighted by atomic mass is 10.0. The van der Waals surface area contributed by atoms with Crippen molar-refractivity contribution in [2.45, 2.75) is 20.0 Å². The molecule has 0 aliphatic heterocycles. The highest BCUT2D eigenvalue weighted by atomic mass is 16.2. The van der Waals surface area contributed by atoms with E-state index in [4.69, 9.17) is 0 Å². The minimum absolute atomic E-state index is 0.0637. The first kappa shape index (κ1) is 19.6. The summed E-state index contributed by atoms with van der Waals surface area (Å²) in [6.45, 7) is 2.79. The summed E-state index contributed by atoms with van der Waals surface area (Å²) in [5, 5.41) is 4.34. The highest BCUT2D eigenvalue weighted by molar-refractivity contribution is 5.92. The van der Waals surface area contributed by atoms with Crippen molar-refractivity contribution in [3.05, 3.63) is 95.8 Å². The molecular weight excluding hydrogens is 374 g/mol. The molecule has 0 saturated carbocycles. The normalized spacial score (nSPS) is 10.9. The number of imidazole rings is 1. The summed E-state index contributed by atoms with van der Waals surface area (Å²) in [6.07, 6.45) is 3.64. The minimum Gasteiger partial charge on any atom is -0.337 e. The molecule has 4 aromatic rings. The van der Waals surface area contributed by atoms with Gasteiger partial charge in [-0.1, -0.05) is 48.5 Å². The van der Waals surface area contributed by atoms with Gasteiger partial charge in [-0.3, -0.25) is 9.48 Å². The van der Waals surface area contributed by atoms with Crippen LogP contribution in [0.2, 0.25) is 0 Å². The fourth-order valence-corrected chi connectivity index (χ4v) is 3.59. The topological polar surface area (TPSA) is 56.0 Å². The number of benzene rings is 2. The van der Waals surface area contributed by atoms with E-state index < -0.39 is 0 Å². The molecule has 4 rings (SSSR count). The number of carbonyl (C=O) groups is 1. The molecule has 0 radical (unpaired) electrons. The number of hydrogen-bond donors (Lipinski definition) is 0. The average Bonchev–Trinajstić information content (AvgIpc) is 3.31. The van der Waals surface area contributed by atoms with Crippen molar-refractivity contribution in [1.82, 2.24) is 24.2 Å². The third kappa shape index (κ3) is 4.17. The van der Waals surface area contributed by atoms with Crippen LogP contribution in [0.3, 0.4) is 0 Å². The van der Waals surface area contributed by atoms with E-state index in [2.05, 4.69) is 40.4 Å². The predicted octanol–water partition coefficient (Wildman–Crippen LogP) is 3.97. The molecule has 0 N–H and O–H groups in total. The Balaban J connectivity index is 1.65. The van der Waals surface area contributed by atoms with Gasteiger partial charge in [-0.25, -0.2) is 4.98 Å². The molecule has 0 aliphatic rings. The summed E-state index contributed by atoms with van der Waals surface area (Å²) in [6, 6.07) is 20.4. The SMILES string of the molecule is Cc1cc(C(=O)N(Cc2cccc(-c3ccccc3)c2)Cc2nccn2C)n(C)n1. The maximum atomic E-state index is 13.4. The highest BCUT2D eigenvalue weighted by Crippen LogP contribution is 2.22. The second-order valence-corrected chi connectivity index (χ2v) is 7.48. The number of rotatable bonds is 6. The summed E-state index contributed by atoms with van der Waals surface area (Å²) >= 11 is 0. The molecule has 152 valence electrons. The van der Waals surface area contributed by atoms with Gasteiger partial charge in [-0.15, -0.1) is 0 Å². The van der Waals surface area contributed by atoms with Crippen molar-refractivity contribution in [2.75, 3.05) is 0 Å². The molecule has 6 nitrogen and oxygen atoms in total. The van der Waals surface area contributed by atoms with Crippen LogP contribution in [0.25, 0.3) is 11.1 Å². The van der Waals surface area contributed by atoms with Crippen LogP contribution in [0, 0.1) is 6.92 Å². The smallest absolute Gasteiger partial charge is 0.272 e. The monoisotopic (exact) mass is 399 g/mol. The van der Waals surface area contributed by atoms with Gasteiger partial charge < -0.3 is 9.47 Å². The first-order chi connectivity index (χ1) is 14.5. The Labute approximate surface area is 176 Å². The van der Waals surface area contributed by atoms with Gasteiger partial charge in [0.15, 0.2) is 0 Å². The summed E-state index contributed by atoms with van der Waals surface area (Å²) < 4.78 is 3.58. The second kappa shape index (κ2) is 8.37. The molecule has 0 unspecified atom stereocenters. The zero-order valence-electron chi connectivity index (χ0n) is 17.5. The second-order valence-electron chi connectivity index (χ2n) is 7.48. The van der Waals surface area contributed by atoms with Gasteiger partial charge in [-0.2, -0.15) is 5.10 Å². The molecule has 6 heteroatoms. The van der Waals surface area contributed by atoms with E-state index in [-0.39, 0.29) is 5.91 Å². The maximum absolute atomic E-state index is 13.4. The first-order valence-corrected chi connectivity index (χ1v) is 9.92. The van der Waals surface area contributed by atoms with Crippen LogP contribution in [0.5, 0.6) is 0 Å². The number of nitrogens with zero attached hydrogens (tertiary/aromatic N) is 5. The van der Waals surface area contributed by atoms with Crippen molar-refractivity contribution in [1.29, 1.82) is 0 Å². The fourth-order valence-electron chi connectivity index (χ4n) is 3.59. The van der Waals surface area contributed by atoms with Crippen LogP contribution in [0.4, 0.5) is 0 Å². The van der Waals surface area contributed by atoms with E-state index in [1.807, 2.05) is 60.0 Å². The van der Waals surface area contributed by atoms with Crippen molar-refractivity contribution in [3.63, 3.8) is 0 Å². The molecule has 0 saturated heterocycles. The molecule has 0 bridgehead atoms. The number of carbonyl (C=O) groups excluding carboxylic acids is 1. The number of aromatic nitrogens is 4. The van der Waals surface area contributed by atoms with Gasteiger partial charge in [0.1, 0.15) is 11.5 Å². The van der Waals surface area contributed by atoms with Crippen molar-refractivity contribution >= 4 is 5.91 Å². The van der Waals surface area contributed by atoms with E-state index in [1.54, 1.807) is 17.9 Å². The van der Waals surface area contributed by atoms with Crippen LogP contribution < -0.4 is 0 Å². The summed E-state index contributed by atoms with van der Waals surface area (Å²) in [5.74, 6) is 0.771. The first-order valence-electron chi connectivity index (χ1n) is 9.92. The minimum atomic E-state index is -0.0637. The van der Waals surface area contributed by atoms with E-state index >= 15 is 0 Å². The van der Waals surface area contributed by atoms with Crippen molar-refractivity contribution < 1.29 is 4.79 Å². The largest absolute Gasteiger partial charge is 0.337 e. The van der Waals surface area contributed by atoms with Gasteiger partial charge in [0.25, 0.3) is 5.91 Å². The lowest BCUT2D eigenvalue weighted by Crippen LogP contribution is -2.32. The van der Waals surface area contributed by atoms with E-state index in [1.165, 1.54) is 0 Å². The lowest BCUT2D eigenvalue weighted by Gasteiger charge is -2.23. The van der Waals surface area contributed by atoms with Gasteiger partial charge in [0.2, 0.25) is 0 Å². The van der Waals surface area contributed by atoms with Gasteiger partial charge >= 0.3 is 0 Å². The van der Waals surface area contributed by atoms with Crippen LogP contribution >= 0.6 is 0 Å². The average molecular weight is 399 g/mol. The van der Waals surface area contributed by atoms with Gasteiger partial charge in [0, 0.05) is 33.0 Å². The quantitative estimate of drug-likeness (QED) is 0.493. The predicted molar refractivity (Wildman–Crippen MR) is 117 cm³/mol. The summed E-state index contributed by atoms with van der Waals surface area (Å²) in [5.41, 5.74) is 4.75. The van der Waals surface area contributed by atoms with E-state index in [0.717, 1.165) is 28.2 Å². The molecule has 2 aromatic carbocycles. The Morgan fingerprint density at radius 1 is 0.967 bits per heavy atom. The molecule has 2 aromatic heterocycles.